The molecule has 0 fully saturated rings. The van der Waals surface area contributed by atoms with E-state index in [9.17, 15) is 19.8 Å². The van der Waals surface area contributed by atoms with E-state index in [-0.39, 0.29) is 39.5 Å². The zero-order valence-electron chi connectivity index (χ0n) is 9.63. The maximum absolute atomic E-state index is 9.34. The number of carboxylic acids is 2. The fourth-order valence-corrected chi connectivity index (χ4v) is 0. The average molecular weight is 279 g/mol. The van der Waals surface area contributed by atoms with E-state index in [0.29, 0.717) is 0 Å². The summed E-state index contributed by atoms with van der Waals surface area (Å²) in [6.07, 6.45) is -2.69. The SMILES string of the molecule is CC(O)C(=O)[O-].CC(O)C(=O)[O-].[NH4+].[NH4+].[OH-].[Ti]. The Labute approximate surface area is 108 Å². The van der Waals surface area contributed by atoms with Gasteiger partial charge in [0.15, 0.2) is 0 Å². The summed E-state index contributed by atoms with van der Waals surface area (Å²) in [5.41, 5.74) is 0. The predicted octanol–water partition coefficient (Wildman–Crippen LogP) is -3.19. The van der Waals surface area contributed by atoms with E-state index in [2.05, 4.69) is 0 Å². The Morgan fingerprint density at radius 1 is 0.938 bits per heavy atom. The molecule has 0 bridgehead atoms. The topological polar surface area (TPSA) is 224 Å². The number of hydrogen-bond acceptors (Lipinski definition) is 7. The number of aliphatic hydroxyl groups excluding tert-OH is 2. The number of hydrogen-bond donors (Lipinski definition) is 4. The van der Waals surface area contributed by atoms with E-state index in [1.165, 1.54) is 0 Å². The summed E-state index contributed by atoms with van der Waals surface area (Å²) in [7, 11) is 0. The minimum Gasteiger partial charge on any atom is -0.870 e. The second-order valence-corrected chi connectivity index (χ2v) is 1.99. The predicted molar refractivity (Wildman–Crippen MR) is 47.3 cm³/mol. The van der Waals surface area contributed by atoms with Gasteiger partial charge in [-0.25, -0.2) is 0 Å². The molecular weight excluding hydrogens is 260 g/mol. The van der Waals surface area contributed by atoms with Gasteiger partial charge in [-0.05, 0) is 13.8 Å². The first kappa shape index (κ1) is 36.1. The number of aliphatic hydroxyl groups is 2. The van der Waals surface area contributed by atoms with Gasteiger partial charge in [-0.1, -0.05) is 0 Å². The Bertz CT molecular complexity index is 147. The summed E-state index contributed by atoms with van der Waals surface area (Å²) in [5, 5.41) is 34.6. The van der Waals surface area contributed by atoms with E-state index in [1.807, 2.05) is 0 Å². The van der Waals surface area contributed by atoms with Crippen LogP contribution in [0.15, 0.2) is 0 Å². The minimum absolute atomic E-state index is 0. The van der Waals surface area contributed by atoms with Gasteiger partial charge in [0.05, 0.1) is 24.1 Å². The van der Waals surface area contributed by atoms with Gasteiger partial charge in [0.25, 0.3) is 0 Å². The molecule has 9 nitrogen and oxygen atoms in total. The molecule has 0 heterocycles. The molecule has 0 saturated carbocycles. The van der Waals surface area contributed by atoms with Gasteiger partial charge < -0.3 is 47.8 Å². The molecule has 16 heavy (non-hydrogen) atoms. The van der Waals surface area contributed by atoms with Crippen molar-refractivity contribution in [1.82, 2.24) is 12.3 Å². The molecule has 0 aliphatic carbocycles. The van der Waals surface area contributed by atoms with Crippen molar-refractivity contribution in [2.45, 2.75) is 26.1 Å². The molecule has 0 radical (unpaired) electrons. The molecule has 0 aromatic rings. The van der Waals surface area contributed by atoms with Crippen molar-refractivity contribution < 1.29 is 57.2 Å². The third kappa shape index (κ3) is 37.6. The maximum Gasteiger partial charge on any atom is 0.0905 e. The third-order valence-corrected chi connectivity index (χ3v) is 0.682. The van der Waals surface area contributed by atoms with Crippen LogP contribution in [0.4, 0.5) is 0 Å². The van der Waals surface area contributed by atoms with Crippen LogP contribution in [0.2, 0.25) is 0 Å². The van der Waals surface area contributed by atoms with E-state index < -0.39 is 24.1 Å². The normalized spacial score (nSPS) is 10.2. The first-order valence-corrected chi connectivity index (χ1v) is 3.06. The van der Waals surface area contributed by atoms with Crippen LogP contribution in [0, 0.1) is 0 Å². The van der Waals surface area contributed by atoms with Crippen LogP contribution in [0.3, 0.4) is 0 Å². The Kier molecular flexibility index (Phi) is 45.0. The molecule has 0 saturated heterocycles. The molecule has 2 unspecified atom stereocenters. The monoisotopic (exact) mass is 279 g/mol. The minimum atomic E-state index is -1.44. The zero-order chi connectivity index (χ0) is 10.3. The largest absolute Gasteiger partial charge is 0.870 e. The second-order valence-electron chi connectivity index (χ2n) is 1.99. The number of carboxylic acid groups (broad SMARTS) is 2. The summed E-state index contributed by atoms with van der Waals surface area (Å²) in [4.78, 5) is 18.7. The van der Waals surface area contributed by atoms with Gasteiger partial charge in [-0.3, -0.25) is 0 Å². The van der Waals surface area contributed by atoms with Gasteiger partial charge >= 0.3 is 0 Å². The summed E-state index contributed by atoms with van der Waals surface area (Å²) in [6, 6.07) is 0. The van der Waals surface area contributed by atoms with Crippen LogP contribution in [-0.2, 0) is 31.3 Å². The van der Waals surface area contributed by atoms with Crippen LogP contribution >= 0.6 is 0 Å². The molecule has 0 rings (SSSR count). The summed E-state index contributed by atoms with van der Waals surface area (Å²) < 4.78 is 0. The first-order valence-electron chi connectivity index (χ1n) is 3.06. The van der Waals surface area contributed by atoms with E-state index in [0.717, 1.165) is 13.8 Å². The number of carbonyl (C=O) groups excluding carboxylic acids is 2. The van der Waals surface area contributed by atoms with Crippen LogP contribution < -0.4 is 22.5 Å². The van der Waals surface area contributed by atoms with Crippen molar-refractivity contribution in [3.63, 3.8) is 0 Å². The molecule has 0 amide bonds. The summed E-state index contributed by atoms with van der Waals surface area (Å²) in [5.74, 6) is -2.87. The van der Waals surface area contributed by atoms with Crippen molar-refractivity contribution in [3.05, 3.63) is 0 Å². The molecule has 2 atom stereocenters. The van der Waals surface area contributed by atoms with Gasteiger partial charge in [0, 0.05) is 21.7 Å². The number of rotatable bonds is 2. The molecule has 0 spiro atoms. The van der Waals surface area contributed by atoms with E-state index in [1.54, 1.807) is 0 Å². The van der Waals surface area contributed by atoms with Gasteiger partial charge in [-0.15, -0.1) is 0 Å². The van der Waals surface area contributed by atoms with Crippen molar-refractivity contribution in [3.8, 4) is 0 Å². The molecule has 0 aromatic carbocycles. The van der Waals surface area contributed by atoms with E-state index in [4.69, 9.17) is 10.2 Å². The molecular formula is C6H19N2O7Ti-. The maximum atomic E-state index is 9.34. The Balaban J connectivity index is -0.0000000250. The summed E-state index contributed by atoms with van der Waals surface area (Å²) in [6.45, 7) is 2.27. The fourth-order valence-electron chi connectivity index (χ4n) is 0. The third-order valence-electron chi connectivity index (χ3n) is 0.682. The van der Waals surface area contributed by atoms with Crippen molar-refractivity contribution in [2.75, 3.05) is 0 Å². The average Bonchev–Trinajstić information content (AvgIpc) is 1.88. The van der Waals surface area contributed by atoms with Gasteiger partial charge in [0.2, 0.25) is 0 Å². The number of aliphatic carboxylic acids is 2. The van der Waals surface area contributed by atoms with Crippen LogP contribution in [0.5, 0.6) is 0 Å². The molecule has 0 aliphatic rings. The van der Waals surface area contributed by atoms with Crippen molar-refractivity contribution >= 4 is 11.9 Å². The number of carbonyl (C=O) groups is 2. The molecule has 11 N–H and O–H groups in total. The Hall–Kier alpha value is -0.546. The molecule has 0 aromatic heterocycles. The fraction of sp³-hybridized carbons (Fsp3) is 0.667. The van der Waals surface area contributed by atoms with Crippen LogP contribution in [-0.4, -0.2) is 39.8 Å². The Morgan fingerprint density at radius 3 is 1.00 bits per heavy atom. The molecule has 100 valence electrons. The standard InChI is InChI=1S/2C3H6O3.2H3N.H2O.Ti/c2*1-2(4)3(5)6;;;;/h2*2,4H,1H3,(H,5,6);2*1H3;1H2;/p-1. The molecule has 0 aliphatic heterocycles. The van der Waals surface area contributed by atoms with Crippen molar-refractivity contribution in [1.29, 1.82) is 0 Å². The molecule has 10 heteroatoms. The van der Waals surface area contributed by atoms with Crippen molar-refractivity contribution in [2.24, 2.45) is 0 Å². The summed E-state index contributed by atoms with van der Waals surface area (Å²) >= 11 is 0. The first-order chi connectivity index (χ1) is 5.29. The smallest absolute Gasteiger partial charge is 0.0905 e. The van der Waals surface area contributed by atoms with Gasteiger partial charge in [-0.2, -0.15) is 0 Å². The van der Waals surface area contributed by atoms with Gasteiger partial charge in [0.1, 0.15) is 0 Å². The van der Waals surface area contributed by atoms with Crippen LogP contribution in [0.25, 0.3) is 0 Å². The zero-order valence-corrected chi connectivity index (χ0v) is 11.2. The van der Waals surface area contributed by atoms with E-state index >= 15 is 0 Å². The second kappa shape index (κ2) is 19.9. The number of quaternary nitrogens is 2. The quantitative estimate of drug-likeness (QED) is 0.378. The Morgan fingerprint density at radius 2 is 1.00 bits per heavy atom. The van der Waals surface area contributed by atoms with Crippen LogP contribution in [0.1, 0.15) is 13.8 Å².